The molecule has 0 aromatic rings. The number of amidine groups is 1. The van der Waals surface area contributed by atoms with Crippen molar-refractivity contribution in [2.75, 3.05) is 17.8 Å². The summed E-state index contributed by atoms with van der Waals surface area (Å²) in [5.41, 5.74) is 0. The Hall–Kier alpha value is 0.170. The molecule has 2 nitrogen and oxygen atoms in total. The number of rotatable bonds is 6. The average molecular weight is 260 g/mol. The summed E-state index contributed by atoms with van der Waals surface area (Å²) in [7, 11) is 0. The molecule has 1 rings (SSSR count). The minimum atomic E-state index is 0.542. The number of aliphatic imine (C=N–C) groups is 1. The van der Waals surface area contributed by atoms with Crippen LogP contribution in [-0.2, 0) is 0 Å². The fourth-order valence-corrected chi connectivity index (χ4v) is 3.40. The molecule has 0 radical (unpaired) electrons. The Balaban J connectivity index is 2.27. The third-order valence-electron chi connectivity index (χ3n) is 2.58. The highest BCUT2D eigenvalue weighted by molar-refractivity contribution is 8.14. The number of hydrogen-bond acceptors (Lipinski definition) is 4. The van der Waals surface area contributed by atoms with E-state index in [2.05, 4.69) is 32.3 Å². The van der Waals surface area contributed by atoms with Gasteiger partial charge >= 0.3 is 0 Å². The van der Waals surface area contributed by atoms with Crippen molar-refractivity contribution < 1.29 is 0 Å². The summed E-state index contributed by atoms with van der Waals surface area (Å²) in [6.45, 7) is 6.79. The maximum Gasteiger partial charge on any atom is 0.157 e. The molecule has 0 aromatic heterocycles. The van der Waals surface area contributed by atoms with Crippen LogP contribution in [0.5, 0.6) is 0 Å². The van der Waals surface area contributed by atoms with E-state index < -0.39 is 0 Å². The topological polar surface area (TPSA) is 24.4 Å². The molecule has 0 spiro atoms. The van der Waals surface area contributed by atoms with Crippen molar-refractivity contribution in [2.45, 2.75) is 45.7 Å². The molecular formula is C12H24N2S2. The van der Waals surface area contributed by atoms with E-state index in [0.29, 0.717) is 12.1 Å². The van der Waals surface area contributed by atoms with Crippen LogP contribution in [0.2, 0.25) is 0 Å². The van der Waals surface area contributed by atoms with E-state index in [1.54, 1.807) is 0 Å². The maximum atomic E-state index is 4.74. The van der Waals surface area contributed by atoms with Crippen molar-refractivity contribution in [3.63, 3.8) is 0 Å². The lowest BCUT2D eigenvalue weighted by atomic mass is 10.1. The van der Waals surface area contributed by atoms with Gasteiger partial charge in [-0.15, -0.1) is 0 Å². The second-order valence-electron chi connectivity index (χ2n) is 4.86. The van der Waals surface area contributed by atoms with Gasteiger partial charge in [-0.3, -0.25) is 4.99 Å². The largest absolute Gasteiger partial charge is 0.362 e. The van der Waals surface area contributed by atoms with Crippen LogP contribution >= 0.6 is 23.5 Å². The molecular weight excluding hydrogens is 236 g/mol. The highest BCUT2D eigenvalue weighted by Crippen LogP contribution is 2.22. The molecule has 94 valence electrons. The molecule has 0 saturated carbocycles. The molecule has 1 heterocycles. The predicted molar refractivity (Wildman–Crippen MR) is 78.7 cm³/mol. The fraction of sp³-hybridized carbons (Fsp3) is 0.917. The molecule has 16 heavy (non-hydrogen) atoms. The summed E-state index contributed by atoms with van der Waals surface area (Å²) in [6, 6.07) is 1.09. The van der Waals surface area contributed by atoms with E-state index in [-0.39, 0.29) is 0 Å². The lowest BCUT2D eigenvalue weighted by molar-refractivity contribution is 0.528. The van der Waals surface area contributed by atoms with E-state index in [9.17, 15) is 0 Å². The maximum absolute atomic E-state index is 4.74. The molecule has 0 saturated heterocycles. The van der Waals surface area contributed by atoms with Gasteiger partial charge in [-0.05, 0) is 37.7 Å². The molecule has 1 aliphatic heterocycles. The van der Waals surface area contributed by atoms with Crippen molar-refractivity contribution in [3.8, 4) is 0 Å². The van der Waals surface area contributed by atoms with Crippen LogP contribution in [0.3, 0.4) is 0 Å². The van der Waals surface area contributed by atoms with Gasteiger partial charge < -0.3 is 5.32 Å². The first-order valence-electron chi connectivity index (χ1n) is 6.08. The second kappa shape index (κ2) is 7.49. The molecule has 2 atom stereocenters. The van der Waals surface area contributed by atoms with Gasteiger partial charge in [0, 0.05) is 11.8 Å². The van der Waals surface area contributed by atoms with Gasteiger partial charge in [0.2, 0.25) is 0 Å². The summed E-state index contributed by atoms with van der Waals surface area (Å²) >= 11 is 3.80. The third-order valence-corrected chi connectivity index (χ3v) is 4.27. The number of hydrogen-bond donors (Lipinski definition) is 1. The van der Waals surface area contributed by atoms with Crippen LogP contribution in [-0.4, -0.2) is 35.0 Å². The van der Waals surface area contributed by atoms with Crippen molar-refractivity contribution in [2.24, 2.45) is 10.9 Å². The standard InChI is InChI=1S/C12H24N2S2/c1-9(2)7-11-8-16-12(14-11)13-10(3)5-6-15-4/h9-11H,5-8H2,1-4H3,(H,13,14). The smallest absolute Gasteiger partial charge is 0.157 e. The third kappa shape index (κ3) is 5.48. The molecule has 0 amide bonds. The summed E-state index contributed by atoms with van der Waals surface area (Å²) in [6.07, 6.45) is 4.60. The van der Waals surface area contributed by atoms with E-state index in [0.717, 1.165) is 11.7 Å². The molecule has 0 fully saturated rings. The van der Waals surface area contributed by atoms with Crippen molar-refractivity contribution >= 4 is 28.7 Å². The van der Waals surface area contributed by atoms with Crippen molar-refractivity contribution in [1.29, 1.82) is 0 Å². The van der Waals surface area contributed by atoms with Crippen LogP contribution in [0.1, 0.15) is 33.6 Å². The van der Waals surface area contributed by atoms with Crippen molar-refractivity contribution in [1.82, 2.24) is 5.32 Å². The molecule has 1 N–H and O–H groups in total. The van der Waals surface area contributed by atoms with Gasteiger partial charge in [-0.2, -0.15) is 11.8 Å². The lowest BCUT2D eigenvalue weighted by Crippen LogP contribution is -2.30. The molecule has 1 aliphatic rings. The Kier molecular flexibility index (Phi) is 6.66. The molecule has 4 heteroatoms. The number of nitrogens with one attached hydrogen (secondary N) is 1. The van der Waals surface area contributed by atoms with Crippen LogP contribution in [0.4, 0.5) is 0 Å². The van der Waals surface area contributed by atoms with Gasteiger partial charge in [0.1, 0.15) is 0 Å². The van der Waals surface area contributed by atoms with Crippen molar-refractivity contribution in [3.05, 3.63) is 0 Å². The summed E-state index contributed by atoms with van der Waals surface area (Å²) in [4.78, 5) is 4.74. The fourth-order valence-electron chi connectivity index (χ4n) is 1.74. The van der Waals surface area contributed by atoms with Crippen LogP contribution in [0, 0.1) is 5.92 Å². The van der Waals surface area contributed by atoms with E-state index in [1.165, 1.54) is 23.8 Å². The quantitative estimate of drug-likeness (QED) is 0.793. The number of nitrogens with zero attached hydrogens (tertiary/aromatic N) is 1. The molecule has 2 unspecified atom stereocenters. The Bertz CT molecular complexity index is 229. The number of thioether (sulfide) groups is 2. The predicted octanol–water partition coefficient (Wildman–Crippen LogP) is 3.24. The SMILES string of the molecule is CSCCC(C)NC1=NC(CC(C)C)CS1. The Morgan fingerprint density at radius 3 is 2.88 bits per heavy atom. The van der Waals surface area contributed by atoms with Gasteiger partial charge in [0.15, 0.2) is 5.17 Å². The molecule has 0 aromatic carbocycles. The lowest BCUT2D eigenvalue weighted by Gasteiger charge is -2.13. The van der Waals surface area contributed by atoms with Crippen LogP contribution < -0.4 is 5.32 Å². The molecule has 0 bridgehead atoms. The first kappa shape index (κ1) is 14.2. The monoisotopic (exact) mass is 260 g/mol. The van der Waals surface area contributed by atoms with E-state index >= 15 is 0 Å². The zero-order valence-corrected chi connectivity index (χ0v) is 12.5. The molecule has 0 aliphatic carbocycles. The highest BCUT2D eigenvalue weighted by Gasteiger charge is 2.19. The van der Waals surface area contributed by atoms with Crippen LogP contribution in [0.25, 0.3) is 0 Å². The summed E-state index contributed by atoms with van der Waals surface area (Å²) in [5.74, 6) is 3.14. The van der Waals surface area contributed by atoms with Gasteiger partial charge in [-0.1, -0.05) is 25.6 Å². The second-order valence-corrected chi connectivity index (χ2v) is 6.85. The average Bonchev–Trinajstić information content (AvgIpc) is 2.61. The van der Waals surface area contributed by atoms with Gasteiger partial charge in [0.05, 0.1) is 6.04 Å². The van der Waals surface area contributed by atoms with E-state index in [4.69, 9.17) is 4.99 Å². The summed E-state index contributed by atoms with van der Waals surface area (Å²) < 4.78 is 0. The summed E-state index contributed by atoms with van der Waals surface area (Å²) in [5, 5.41) is 4.68. The Labute approximate surface area is 108 Å². The zero-order chi connectivity index (χ0) is 12.0. The van der Waals surface area contributed by atoms with Gasteiger partial charge in [0.25, 0.3) is 0 Å². The minimum Gasteiger partial charge on any atom is -0.362 e. The van der Waals surface area contributed by atoms with E-state index in [1.807, 2.05) is 23.5 Å². The first-order valence-corrected chi connectivity index (χ1v) is 8.45. The first-order chi connectivity index (χ1) is 7.61. The Morgan fingerprint density at radius 2 is 2.25 bits per heavy atom. The van der Waals surface area contributed by atoms with Crippen LogP contribution in [0.15, 0.2) is 4.99 Å². The van der Waals surface area contributed by atoms with Gasteiger partial charge in [-0.25, -0.2) is 0 Å². The zero-order valence-electron chi connectivity index (χ0n) is 10.8. The Morgan fingerprint density at radius 1 is 1.50 bits per heavy atom. The minimum absolute atomic E-state index is 0.542. The highest BCUT2D eigenvalue weighted by atomic mass is 32.2. The normalized spacial score (nSPS) is 22.3.